The lowest BCUT2D eigenvalue weighted by molar-refractivity contribution is -0.134. The van der Waals surface area contributed by atoms with Crippen LogP contribution >= 0.6 is 0 Å². The minimum absolute atomic E-state index is 0. The largest absolute Gasteiger partial charge is 0.481 e. The van der Waals surface area contributed by atoms with Gasteiger partial charge in [-0.05, 0) is 30.3 Å². The van der Waals surface area contributed by atoms with Crippen molar-refractivity contribution in [3.63, 3.8) is 0 Å². The van der Waals surface area contributed by atoms with E-state index in [4.69, 9.17) is 9.90 Å². The lowest BCUT2D eigenvalue weighted by Crippen LogP contribution is -2.43. The van der Waals surface area contributed by atoms with Crippen molar-refractivity contribution in [1.82, 2.24) is 10.3 Å². The fraction of sp³-hybridized carbons (Fsp3) is 0.273. The number of hydrogen-bond donors (Lipinski definition) is 4. The predicted octanol–water partition coefficient (Wildman–Crippen LogP) is 3.68. The lowest BCUT2D eigenvalue weighted by atomic mass is 9.95. The lowest BCUT2D eigenvalue weighted by Gasteiger charge is -2.31. The predicted molar refractivity (Wildman–Crippen MR) is 117 cm³/mol. The molecule has 5 rings (SSSR count). The van der Waals surface area contributed by atoms with Crippen LogP contribution in [0.2, 0.25) is 0 Å². The highest BCUT2D eigenvalue weighted by molar-refractivity contribution is 6.28. The van der Waals surface area contributed by atoms with Gasteiger partial charge in [0, 0.05) is 72.7 Å². The monoisotopic (exact) mass is 412 g/mol. The number of nitrogens with one attached hydrogen (secondary N) is 3. The smallest absolute Gasteiger partial charge is 0.300 e. The molecule has 1 saturated heterocycles. The van der Waals surface area contributed by atoms with Crippen LogP contribution in [0.25, 0.3) is 22.0 Å². The maximum Gasteiger partial charge on any atom is 0.300 e. The van der Waals surface area contributed by atoms with Gasteiger partial charge in [0.1, 0.15) is 5.82 Å². The molecule has 0 aliphatic carbocycles. The van der Waals surface area contributed by atoms with Crippen molar-refractivity contribution in [2.24, 2.45) is 0 Å². The van der Waals surface area contributed by atoms with E-state index in [0.717, 1.165) is 50.0 Å². The van der Waals surface area contributed by atoms with Gasteiger partial charge in [0.25, 0.3) is 11.9 Å². The maximum atomic E-state index is 14.8. The zero-order valence-electron chi connectivity index (χ0n) is 15.9. The van der Waals surface area contributed by atoms with Gasteiger partial charge < -0.3 is 25.6 Å². The molecule has 0 saturated carbocycles. The fourth-order valence-electron chi connectivity index (χ4n) is 3.89. The quantitative estimate of drug-likeness (QED) is 0.515. The first-order valence-electron chi connectivity index (χ1n) is 9.37. The Kier molecular flexibility index (Phi) is 6.07. The molecular formula is C22H25FN4O3. The van der Waals surface area contributed by atoms with Gasteiger partial charge in [-0.15, -0.1) is 0 Å². The van der Waals surface area contributed by atoms with Crippen LogP contribution < -0.4 is 15.5 Å². The van der Waals surface area contributed by atoms with Gasteiger partial charge in [-0.3, -0.25) is 9.59 Å². The van der Waals surface area contributed by atoms with Crippen molar-refractivity contribution >= 4 is 34.0 Å². The maximum absolute atomic E-state index is 14.8. The number of aromatic nitrogens is 1. The van der Waals surface area contributed by atoms with Gasteiger partial charge in [-0.2, -0.15) is 0 Å². The highest BCUT2D eigenvalue weighted by atomic mass is 19.1. The molecule has 1 fully saturated rings. The summed E-state index contributed by atoms with van der Waals surface area (Å²) in [7, 11) is 0. The van der Waals surface area contributed by atoms with Crippen LogP contribution in [0.15, 0.2) is 36.5 Å². The topological polar surface area (TPSA) is 97.5 Å². The summed E-state index contributed by atoms with van der Waals surface area (Å²) in [5.41, 5.74) is 3.75. The minimum Gasteiger partial charge on any atom is -0.481 e. The second kappa shape index (κ2) is 8.54. The Balaban J connectivity index is 0.000000473. The van der Waals surface area contributed by atoms with E-state index >= 15 is 0 Å². The van der Waals surface area contributed by atoms with Crippen LogP contribution in [0.4, 0.5) is 15.8 Å². The Hall–Kier alpha value is -3.39. The number of rotatable bonds is 2. The van der Waals surface area contributed by atoms with Crippen LogP contribution in [-0.2, 0) is 4.79 Å². The SMILES string of the molecule is C.CC(=O)O.O=C1Nc2ccc(F)c3c(N4CCNCC4)cc(-c4ccc[nH]4)c1c23. The Morgan fingerprint density at radius 2 is 1.87 bits per heavy atom. The zero-order valence-corrected chi connectivity index (χ0v) is 15.9. The summed E-state index contributed by atoms with van der Waals surface area (Å²) in [6, 6.07) is 8.87. The molecular weight excluding hydrogens is 387 g/mol. The third kappa shape index (κ3) is 3.73. The van der Waals surface area contributed by atoms with Gasteiger partial charge in [0.15, 0.2) is 0 Å². The summed E-state index contributed by atoms with van der Waals surface area (Å²) in [5.74, 6) is -1.30. The van der Waals surface area contributed by atoms with Gasteiger partial charge in [0.2, 0.25) is 0 Å². The van der Waals surface area contributed by atoms with Gasteiger partial charge >= 0.3 is 0 Å². The van der Waals surface area contributed by atoms with Crippen LogP contribution in [0, 0.1) is 5.82 Å². The van der Waals surface area contributed by atoms with Crippen LogP contribution in [0.5, 0.6) is 0 Å². The Morgan fingerprint density at radius 3 is 2.50 bits per heavy atom. The molecule has 8 heteroatoms. The molecule has 2 aromatic carbocycles. The number of amides is 1. The van der Waals surface area contributed by atoms with Crippen molar-refractivity contribution in [2.75, 3.05) is 36.4 Å². The number of halogens is 1. The third-order valence-electron chi connectivity index (χ3n) is 5.03. The molecule has 0 atom stereocenters. The molecule has 3 aromatic rings. The number of nitrogens with zero attached hydrogens (tertiary/aromatic N) is 1. The number of carboxylic acid groups (broad SMARTS) is 1. The number of aliphatic carboxylic acids is 1. The molecule has 2 aliphatic rings. The second-order valence-electron chi connectivity index (χ2n) is 6.96. The van der Waals surface area contributed by atoms with E-state index in [9.17, 15) is 9.18 Å². The van der Waals surface area contributed by atoms with Crippen LogP contribution in [0.3, 0.4) is 0 Å². The summed E-state index contributed by atoms with van der Waals surface area (Å²) < 4.78 is 14.8. The molecule has 7 nitrogen and oxygen atoms in total. The van der Waals surface area contributed by atoms with E-state index in [0.29, 0.717) is 22.0 Å². The molecule has 0 spiro atoms. The van der Waals surface area contributed by atoms with E-state index in [1.807, 2.05) is 24.4 Å². The minimum atomic E-state index is -0.833. The zero-order chi connectivity index (χ0) is 20.5. The van der Waals surface area contributed by atoms with E-state index in [2.05, 4.69) is 20.5 Å². The molecule has 2 aliphatic heterocycles. The fourth-order valence-corrected chi connectivity index (χ4v) is 3.89. The first-order chi connectivity index (χ1) is 14.0. The average Bonchev–Trinajstić information content (AvgIpc) is 3.34. The first kappa shape index (κ1) is 21.3. The van der Waals surface area contributed by atoms with E-state index in [1.54, 1.807) is 6.07 Å². The molecule has 3 heterocycles. The normalized spacial score (nSPS) is 14.6. The average molecular weight is 412 g/mol. The molecule has 4 N–H and O–H groups in total. The molecule has 0 bridgehead atoms. The number of H-pyrrole nitrogens is 1. The van der Waals surface area contributed by atoms with Gasteiger partial charge in [-0.1, -0.05) is 7.43 Å². The molecule has 1 aromatic heterocycles. The molecule has 0 radical (unpaired) electrons. The highest BCUT2D eigenvalue weighted by Gasteiger charge is 2.30. The van der Waals surface area contributed by atoms with Gasteiger partial charge in [0.05, 0.1) is 5.56 Å². The Morgan fingerprint density at radius 1 is 1.17 bits per heavy atom. The molecule has 158 valence electrons. The number of benzene rings is 2. The van der Waals surface area contributed by atoms with Crippen molar-refractivity contribution < 1.29 is 19.1 Å². The third-order valence-corrected chi connectivity index (χ3v) is 5.03. The Bertz CT molecular complexity index is 1090. The number of carbonyl (C=O) groups excluding carboxylic acids is 1. The molecule has 1 amide bonds. The summed E-state index contributed by atoms with van der Waals surface area (Å²) in [6.07, 6.45) is 1.83. The highest BCUT2D eigenvalue weighted by Crippen LogP contribution is 2.44. The van der Waals surface area contributed by atoms with Crippen molar-refractivity contribution in [3.8, 4) is 11.3 Å². The van der Waals surface area contributed by atoms with Gasteiger partial charge in [-0.25, -0.2) is 4.39 Å². The number of piperazine rings is 1. The second-order valence-corrected chi connectivity index (χ2v) is 6.96. The standard InChI is InChI=1S/C19H17FN4O.C2H4O2.CH4/c20-12-3-4-14-18-16(19(25)23-14)11(13-2-1-5-22-13)10-15(17(12)18)24-8-6-21-7-9-24;1-2(3)4;/h1-5,10,21-22H,6-9H2,(H,23,25);1H3,(H,3,4);1H4. The summed E-state index contributed by atoms with van der Waals surface area (Å²) in [6.45, 7) is 4.42. The van der Waals surface area contributed by atoms with Crippen molar-refractivity contribution in [2.45, 2.75) is 14.4 Å². The summed E-state index contributed by atoms with van der Waals surface area (Å²) >= 11 is 0. The number of aromatic amines is 1. The van der Waals surface area contributed by atoms with Crippen molar-refractivity contribution in [1.29, 1.82) is 0 Å². The summed E-state index contributed by atoms with van der Waals surface area (Å²) in [5, 5.41) is 14.8. The number of carboxylic acids is 1. The Labute approximate surface area is 173 Å². The van der Waals surface area contributed by atoms with Crippen molar-refractivity contribution in [3.05, 3.63) is 47.9 Å². The number of hydrogen-bond acceptors (Lipinski definition) is 4. The van der Waals surface area contributed by atoms with Crippen LogP contribution in [-0.4, -0.2) is 48.1 Å². The van der Waals surface area contributed by atoms with Crippen LogP contribution in [0.1, 0.15) is 24.7 Å². The summed E-state index contributed by atoms with van der Waals surface area (Å²) in [4.78, 5) is 27.0. The molecule has 0 unspecified atom stereocenters. The van der Waals surface area contributed by atoms with E-state index in [1.165, 1.54) is 6.07 Å². The molecule has 30 heavy (non-hydrogen) atoms. The first-order valence-corrected chi connectivity index (χ1v) is 9.37. The van der Waals surface area contributed by atoms with E-state index in [-0.39, 0.29) is 19.2 Å². The number of carbonyl (C=O) groups is 2. The van der Waals surface area contributed by atoms with E-state index < -0.39 is 5.97 Å². The number of anilines is 2.